The summed E-state index contributed by atoms with van der Waals surface area (Å²) in [6, 6.07) is 4.58. The third-order valence-electron chi connectivity index (χ3n) is 2.60. The van der Waals surface area contributed by atoms with Gasteiger partial charge in [-0.25, -0.2) is 17.5 Å². The fraction of sp³-hybridized carbons (Fsp3) is 0.167. The second-order valence-electron chi connectivity index (χ2n) is 4.00. The number of furan rings is 1. The van der Waals surface area contributed by atoms with E-state index in [-0.39, 0.29) is 16.5 Å². The van der Waals surface area contributed by atoms with E-state index in [1.165, 1.54) is 18.6 Å². The monoisotopic (exact) mass is 319 g/mol. The summed E-state index contributed by atoms with van der Waals surface area (Å²) in [4.78, 5) is -0.178. The lowest BCUT2D eigenvalue weighted by molar-refractivity contribution is 0.181. The average molecular weight is 320 g/mol. The Kier molecular flexibility index (Phi) is 4.44. The highest BCUT2D eigenvalue weighted by Gasteiger charge is 2.18. The number of rotatable bonds is 5. The number of hydrogen-bond donors (Lipinski definition) is 2. The van der Waals surface area contributed by atoms with Crippen LogP contribution in [0.3, 0.4) is 0 Å². The molecule has 1 heterocycles. The third kappa shape index (κ3) is 3.37. The van der Waals surface area contributed by atoms with Gasteiger partial charge >= 0.3 is 0 Å². The Morgan fingerprint density at radius 2 is 2.15 bits per heavy atom. The molecule has 0 aliphatic heterocycles. The van der Waals surface area contributed by atoms with Crippen LogP contribution >= 0.6 is 11.6 Å². The standard InChI is InChI=1S/C12H11ClFNO4S/c13-10-5-9(1-2-11(10)14)20(17,18)15-6-12(16)8-3-4-19-7-8/h1-5,7,12,15-16H,6H2. The minimum atomic E-state index is -3.88. The van der Waals surface area contributed by atoms with Gasteiger partial charge in [0.1, 0.15) is 5.82 Å². The number of aliphatic hydroxyl groups is 1. The summed E-state index contributed by atoms with van der Waals surface area (Å²) >= 11 is 5.53. The van der Waals surface area contributed by atoms with E-state index >= 15 is 0 Å². The molecule has 1 atom stereocenters. The highest BCUT2D eigenvalue weighted by atomic mass is 35.5. The molecule has 108 valence electrons. The molecule has 1 aromatic heterocycles. The van der Waals surface area contributed by atoms with Gasteiger partial charge in [0.15, 0.2) is 0 Å². The van der Waals surface area contributed by atoms with Crippen molar-refractivity contribution < 1.29 is 22.3 Å². The van der Waals surface area contributed by atoms with Crippen LogP contribution in [-0.4, -0.2) is 20.1 Å². The number of benzene rings is 1. The summed E-state index contributed by atoms with van der Waals surface area (Å²) in [6.07, 6.45) is 1.64. The number of nitrogens with one attached hydrogen (secondary N) is 1. The zero-order valence-corrected chi connectivity index (χ0v) is 11.7. The van der Waals surface area contributed by atoms with Crippen LogP contribution in [0.5, 0.6) is 0 Å². The van der Waals surface area contributed by atoms with E-state index in [0.717, 1.165) is 18.2 Å². The third-order valence-corrected chi connectivity index (χ3v) is 4.31. The zero-order valence-electron chi connectivity index (χ0n) is 10.1. The van der Waals surface area contributed by atoms with Crippen LogP contribution in [0.15, 0.2) is 46.1 Å². The average Bonchev–Trinajstić information content (AvgIpc) is 2.93. The van der Waals surface area contributed by atoms with Crippen molar-refractivity contribution in [3.8, 4) is 0 Å². The molecule has 2 aromatic rings. The first-order valence-corrected chi connectivity index (χ1v) is 7.41. The van der Waals surface area contributed by atoms with Crippen molar-refractivity contribution in [2.45, 2.75) is 11.0 Å². The van der Waals surface area contributed by atoms with Crippen molar-refractivity contribution in [1.82, 2.24) is 4.72 Å². The van der Waals surface area contributed by atoms with Crippen LogP contribution in [0.1, 0.15) is 11.7 Å². The maximum atomic E-state index is 13.0. The summed E-state index contributed by atoms with van der Waals surface area (Å²) in [5.41, 5.74) is 0.449. The van der Waals surface area contributed by atoms with E-state index in [1.807, 2.05) is 0 Å². The van der Waals surface area contributed by atoms with Crippen molar-refractivity contribution in [3.05, 3.63) is 53.2 Å². The maximum absolute atomic E-state index is 13.0. The Balaban J connectivity index is 2.09. The van der Waals surface area contributed by atoms with E-state index in [1.54, 1.807) is 0 Å². The molecule has 0 saturated carbocycles. The minimum absolute atomic E-state index is 0.178. The summed E-state index contributed by atoms with van der Waals surface area (Å²) in [6.45, 7) is -0.239. The minimum Gasteiger partial charge on any atom is -0.472 e. The predicted molar refractivity (Wildman–Crippen MR) is 70.3 cm³/mol. The smallest absolute Gasteiger partial charge is 0.240 e. The Hall–Kier alpha value is -1.41. The highest BCUT2D eigenvalue weighted by molar-refractivity contribution is 7.89. The van der Waals surface area contributed by atoms with E-state index in [0.29, 0.717) is 5.56 Å². The quantitative estimate of drug-likeness (QED) is 0.884. The van der Waals surface area contributed by atoms with E-state index in [9.17, 15) is 17.9 Å². The largest absolute Gasteiger partial charge is 0.472 e. The lowest BCUT2D eigenvalue weighted by atomic mass is 10.2. The molecule has 0 fully saturated rings. The molecule has 2 rings (SSSR count). The van der Waals surface area contributed by atoms with Gasteiger partial charge in [0.2, 0.25) is 10.0 Å². The topological polar surface area (TPSA) is 79.5 Å². The van der Waals surface area contributed by atoms with Crippen molar-refractivity contribution in [3.63, 3.8) is 0 Å². The molecular formula is C12H11ClFNO4S. The van der Waals surface area contributed by atoms with Crippen molar-refractivity contribution in [1.29, 1.82) is 0 Å². The Morgan fingerprint density at radius 3 is 2.75 bits per heavy atom. The first-order valence-electron chi connectivity index (χ1n) is 5.55. The fourth-order valence-corrected chi connectivity index (χ4v) is 2.81. The molecule has 0 amide bonds. The van der Waals surface area contributed by atoms with E-state index in [2.05, 4.69) is 4.72 Å². The van der Waals surface area contributed by atoms with E-state index < -0.39 is 21.9 Å². The van der Waals surface area contributed by atoms with E-state index in [4.69, 9.17) is 16.0 Å². The molecule has 0 aliphatic rings. The van der Waals surface area contributed by atoms with Crippen LogP contribution in [0.4, 0.5) is 4.39 Å². The molecule has 2 N–H and O–H groups in total. The van der Waals surface area contributed by atoms with Gasteiger partial charge in [-0.1, -0.05) is 11.6 Å². The Bertz CT molecular complexity index is 687. The second kappa shape index (κ2) is 5.92. The Morgan fingerprint density at radius 1 is 1.40 bits per heavy atom. The normalized spacial score (nSPS) is 13.3. The zero-order chi connectivity index (χ0) is 14.8. The lowest BCUT2D eigenvalue weighted by Gasteiger charge is -2.11. The van der Waals surface area contributed by atoms with Crippen LogP contribution in [0, 0.1) is 5.82 Å². The van der Waals surface area contributed by atoms with Crippen molar-refractivity contribution in [2.75, 3.05) is 6.54 Å². The number of aliphatic hydroxyl groups excluding tert-OH is 1. The van der Waals surface area contributed by atoms with Gasteiger partial charge in [-0.05, 0) is 24.3 Å². The first kappa shape index (κ1) is 15.0. The summed E-state index contributed by atoms with van der Waals surface area (Å²) < 4.78 is 43.9. The molecule has 1 aromatic carbocycles. The first-order chi connectivity index (χ1) is 9.40. The van der Waals surface area contributed by atoms with Gasteiger partial charge in [-0.3, -0.25) is 0 Å². The molecule has 1 unspecified atom stereocenters. The molecule has 5 nitrogen and oxygen atoms in total. The van der Waals surface area contributed by atoms with Crippen LogP contribution in [0.25, 0.3) is 0 Å². The molecule has 0 radical (unpaired) electrons. The Labute approximate surface area is 120 Å². The summed E-state index contributed by atoms with van der Waals surface area (Å²) in [5, 5.41) is 9.46. The van der Waals surface area contributed by atoms with Crippen molar-refractivity contribution in [2.24, 2.45) is 0 Å². The van der Waals surface area contributed by atoms with Crippen molar-refractivity contribution >= 4 is 21.6 Å². The van der Waals surface area contributed by atoms with Gasteiger partial charge in [0.05, 0.1) is 28.5 Å². The highest BCUT2D eigenvalue weighted by Crippen LogP contribution is 2.20. The maximum Gasteiger partial charge on any atom is 0.240 e. The number of sulfonamides is 1. The molecule has 0 spiro atoms. The van der Waals surface area contributed by atoms with Crippen LogP contribution < -0.4 is 4.72 Å². The van der Waals surface area contributed by atoms with Crippen LogP contribution in [0.2, 0.25) is 5.02 Å². The molecule has 0 aliphatic carbocycles. The number of hydrogen-bond acceptors (Lipinski definition) is 4. The van der Waals surface area contributed by atoms with Gasteiger partial charge in [-0.15, -0.1) is 0 Å². The SMILES string of the molecule is O=S(=O)(NCC(O)c1ccoc1)c1ccc(F)c(Cl)c1. The van der Waals surface area contributed by atoms with Gasteiger partial charge < -0.3 is 9.52 Å². The van der Waals surface area contributed by atoms with Crippen LogP contribution in [-0.2, 0) is 10.0 Å². The second-order valence-corrected chi connectivity index (χ2v) is 6.17. The predicted octanol–water partition coefficient (Wildman–Crippen LogP) is 2.08. The van der Waals surface area contributed by atoms with Gasteiger partial charge in [-0.2, -0.15) is 0 Å². The van der Waals surface area contributed by atoms with Gasteiger partial charge in [0.25, 0.3) is 0 Å². The molecular weight excluding hydrogens is 309 g/mol. The summed E-state index contributed by atoms with van der Waals surface area (Å²) in [5.74, 6) is -0.705. The van der Waals surface area contributed by atoms with Gasteiger partial charge in [0, 0.05) is 12.1 Å². The lowest BCUT2D eigenvalue weighted by Crippen LogP contribution is -2.28. The summed E-state index contributed by atoms with van der Waals surface area (Å²) in [7, 11) is -3.88. The fourth-order valence-electron chi connectivity index (χ4n) is 1.50. The molecule has 20 heavy (non-hydrogen) atoms. The molecule has 8 heteroatoms. The number of halogens is 2. The molecule has 0 saturated heterocycles. The molecule has 0 bridgehead atoms.